The van der Waals surface area contributed by atoms with Crippen molar-refractivity contribution < 1.29 is 18.4 Å². The van der Waals surface area contributed by atoms with Crippen molar-refractivity contribution in [1.29, 1.82) is 0 Å². The number of aryl methyl sites for hydroxylation is 1. The molecule has 1 aromatic heterocycles. The van der Waals surface area contributed by atoms with Crippen LogP contribution >= 0.6 is 0 Å². The quantitative estimate of drug-likeness (QED) is 0.580. The van der Waals surface area contributed by atoms with E-state index in [1.807, 2.05) is 6.07 Å². The summed E-state index contributed by atoms with van der Waals surface area (Å²) in [6.07, 6.45) is 3.97. The van der Waals surface area contributed by atoms with E-state index < -0.39 is 5.41 Å². The van der Waals surface area contributed by atoms with Gasteiger partial charge in [-0.3, -0.25) is 9.59 Å². The smallest absolute Gasteiger partial charge is 0.261 e. The van der Waals surface area contributed by atoms with Crippen LogP contribution in [0.2, 0.25) is 0 Å². The first-order valence-electron chi connectivity index (χ1n) is 11.4. The number of hydrogen-bond donors (Lipinski definition) is 2. The van der Waals surface area contributed by atoms with Crippen LogP contribution in [0, 0.1) is 11.2 Å². The minimum Gasteiger partial charge on any atom is -0.463 e. The van der Waals surface area contributed by atoms with Crippen LogP contribution in [0.5, 0.6) is 0 Å². The molecule has 0 aliphatic carbocycles. The van der Waals surface area contributed by atoms with Crippen molar-refractivity contribution in [3.8, 4) is 0 Å². The number of nitrogens with one attached hydrogen (secondary N) is 2. The van der Waals surface area contributed by atoms with Crippen molar-refractivity contribution in [2.24, 2.45) is 10.5 Å². The van der Waals surface area contributed by atoms with Gasteiger partial charge in [-0.15, -0.1) is 0 Å². The lowest BCUT2D eigenvalue weighted by atomic mass is 9.75. The van der Waals surface area contributed by atoms with E-state index in [0.717, 1.165) is 18.5 Å². The number of amides is 2. The van der Waals surface area contributed by atoms with Crippen LogP contribution in [0.25, 0.3) is 0 Å². The Hall–Kier alpha value is -3.78. The molecule has 1 spiro atoms. The molecule has 2 aromatic carbocycles. The zero-order chi connectivity index (χ0) is 23.5. The number of halogens is 1. The summed E-state index contributed by atoms with van der Waals surface area (Å²) in [5.74, 6) is 0.0857. The number of nitrogens with zero attached hydrogens (tertiary/aromatic N) is 2. The molecule has 1 atom stereocenters. The summed E-state index contributed by atoms with van der Waals surface area (Å²) in [7, 11) is 0. The third-order valence-corrected chi connectivity index (χ3v) is 6.34. The molecule has 0 bridgehead atoms. The average molecular weight is 461 g/mol. The van der Waals surface area contributed by atoms with E-state index in [9.17, 15) is 14.0 Å². The molecule has 0 radical (unpaired) electrons. The van der Waals surface area contributed by atoms with Crippen LogP contribution in [-0.4, -0.2) is 30.6 Å². The van der Waals surface area contributed by atoms with Gasteiger partial charge in [0.1, 0.15) is 16.9 Å². The van der Waals surface area contributed by atoms with Crippen LogP contribution in [-0.2, 0) is 16.0 Å². The molecular weight excluding hydrogens is 435 g/mol. The van der Waals surface area contributed by atoms with E-state index in [4.69, 9.17) is 4.42 Å². The lowest BCUT2D eigenvalue weighted by Gasteiger charge is -2.32. The molecule has 2 N–H and O–H groups in total. The molecule has 8 heteroatoms. The molecule has 1 fully saturated rings. The van der Waals surface area contributed by atoms with Crippen LogP contribution in [0.1, 0.15) is 30.6 Å². The Morgan fingerprint density at radius 2 is 1.94 bits per heavy atom. The summed E-state index contributed by atoms with van der Waals surface area (Å²) < 4.78 is 18.6. The second-order valence-electron chi connectivity index (χ2n) is 8.63. The van der Waals surface area contributed by atoms with Gasteiger partial charge in [0.25, 0.3) is 5.91 Å². The summed E-state index contributed by atoms with van der Waals surface area (Å²) in [5, 5.41) is 12.3. The number of anilines is 2. The molecule has 2 amide bonds. The van der Waals surface area contributed by atoms with E-state index in [2.05, 4.69) is 15.7 Å². The molecule has 2 aliphatic rings. The molecule has 3 aromatic rings. The number of rotatable bonds is 6. The predicted octanol–water partition coefficient (Wildman–Crippen LogP) is 4.11. The predicted molar refractivity (Wildman–Crippen MR) is 127 cm³/mol. The second kappa shape index (κ2) is 9.23. The van der Waals surface area contributed by atoms with Gasteiger partial charge in [0, 0.05) is 18.7 Å². The van der Waals surface area contributed by atoms with Gasteiger partial charge < -0.3 is 15.1 Å². The minimum atomic E-state index is -0.747. The Balaban J connectivity index is 1.28. The van der Waals surface area contributed by atoms with Crippen LogP contribution in [0.15, 0.2) is 76.4 Å². The number of hydrogen-bond acceptors (Lipinski definition) is 5. The molecule has 1 saturated heterocycles. The maximum Gasteiger partial charge on any atom is 0.261 e. The van der Waals surface area contributed by atoms with Gasteiger partial charge in [0.15, 0.2) is 5.76 Å². The average Bonchev–Trinajstić information content (AvgIpc) is 3.48. The maximum atomic E-state index is 13.5. The summed E-state index contributed by atoms with van der Waals surface area (Å²) in [4.78, 5) is 25.9. The number of benzene rings is 2. The fourth-order valence-corrected chi connectivity index (χ4v) is 4.53. The van der Waals surface area contributed by atoms with Gasteiger partial charge in [-0.05, 0) is 79.9 Å². The monoisotopic (exact) mass is 460 g/mol. The highest BCUT2D eigenvalue weighted by molar-refractivity contribution is 6.24. The highest BCUT2D eigenvalue weighted by Gasteiger charge is 2.53. The molecule has 0 unspecified atom stereocenters. The largest absolute Gasteiger partial charge is 0.463 e. The standard InChI is InChI=1S/C26H25FN4O3/c27-19-7-4-18(5-8-19)6-13-23(32)29-20-9-11-21(12-10-20)31-25(33)26(14-2-15-28-17-26)24(30-31)22-3-1-16-34-22/h1,3-5,7-12,16,28H,2,6,13-15,17H2,(H,29,32)/t26-/m1/s1. The van der Waals surface area contributed by atoms with Gasteiger partial charge in [0.05, 0.1) is 12.0 Å². The summed E-state index contributed by atoms with van der Waals surface area (Å²) in [5.41, 5.74) is 2.05. The lowest BCUT2D eigenvalue weighted by molar-refractivity contribution is -0.124. The van der Waals surface area contributed by atoms with Crippen LogP contribution in [0.3, 0.4) is 0 Å². The first-order valence-corrected chi connectivity index (χ1v) is 11.4. The summed E-state index contributed by atoms with van der Waals surface area (Å²) in [6.45, 7) is 1.39. The number of furan rings is 1. The van der Waals surface area contributed by atoms with E-state index >= 15 is 0 Å². The van der Waals surface area contributed by atoms with Gasteiger partial charge in [0.2, 0.25) is 5.91 Å². The highest BCUT2D eigenvalue weighted by atomic mass is 19.1. The number of carbonyl (C=O) groups excluding carboxylic acids is 2. The van der Waals surface area contributed by atoms with Gasteiger partial charge in [-0.25, -0.2) is 4.39 Å². The van der Waals surface area contributed by atoms with E-state index in [-0.39, 0.29) is 24.1 Å². The number of hydrazone groups is 1. The normalized spacial score (nSPS) is 20.0. The first-order chi connectivity index (χ1) is 16.5. The molecule has 34 heavy (non-hydrogen) atoms. The van der Waals surface area contributed by atoms with Crippen molar-refractivity contribution in [1.82, 2.24) is 5.32 Å². The molecule has 5 rings (SSSR count). The van der Waals surface area contributed by atoms with Gasteiger partial charge in [-0.2, -0.15) is 10.1 Å². The third-order valence-electron chi connectivity index (χ3n) is 6.34. The zero-order valence-corrected chi connectivity index (χ0v) is 18.6. The number of carbonyl (C=O) groups is 2. The molecule has 7 nitrogen and oxygen atoms in total. The number of piperidine rings is 1. The Morgan fingerprint density at radius 3 is 2.62 bits per heavy atom. The second-order valence-corrected chi connectivity index (χ2v) is 8.63. The molecule has 2 aliphatic heterocycles. The van der Waals surface area contributed by atoms with Crippen molar-refractivity contribution in [3.63, 3.8) is 0 Å². The summed E-state index contributed by atoms with van der Waals surface area (Å²) >= 11 is 0. The molecule has 174 valence electrons. The van der Waals surface area contributed by atoms with E-state index in [1.165, 1.54) is 17.1 Å². The molecule has 0 saturated carbocycles. The van der Waals surface area contributed by atoms with Gasteiger partial charge in [-0.1, -0.05) is 12.1 Å². The fourth-order valence-electron chi connectivity index (χ4n) is 4.53. The maximum absolute atomic E-state index is 13.5. The lowest BCUT2D eigenvalue weighted by Crippen LogP contribution is -2.50. The van der Waals surface area contributed by atoms with E-state index in [1.54, 1.807) is 48.7 Å². The Kier molecular flexibility index (Phi) is 5.98. The fraction of sp³-hybridized carbons (Fsp3) is 0.269. The Morgan fingerprint density at radius 1 is 1.15 bits per heavy atom. The Bertz CT molecular complexity index is 1200. The third kappa shape index (κ3) is 4.24. The first kappa shape index (κ1) is 22.0. The van der Waals surface area contributed by atoms with Gasteiger partial charge >= 0.3 is 0 Å². The van der Waals surface area contributed by atoms with Crippen molar-refractivity contribution in [3.05, 3.63) is 84.1 Å². The minimum absolute atomic E-state index is 0.0813. The highest BCUT2D eigenvalue weighted by Crippen LogP contribution is 2.40. The zero-order valence-electron chi connectivity index (χ0n) is 18.6. The van der Waals surface area contributed by atoms with Crippen LogP contribution in [0.4, 0.5) is 15.8 Å². The Labute approximate surface area is 196 Å². The van der Waals surface area contributed by atoms with Crippen molar-refractivity contribution in [2.45, 2.75) is 25.7 Å². The topological polar surface area (TPSA) is 86.9 Å². The SMILES string of the molecule is O=C(CCc1ccc(F)cc1)Nc1ccc(N2N=C(c3ccco3)[C@]3(CCCNC3)C2=O)cc1. The molecular formula is C26H25FN4O3. The van der Waals surface area contributed by atoms with Crippen molar-refractivity contribution >= 4 is 28.9 Å². The van der Waals surface area contributed by atoms with E-state index in [0.29, 0.717) is 42.2 Å². The van der Waals surface area contributed by atoms with Crippen LogP contribution < -0.4 is 15.6 Å². The van der Waals surface area contributed by atoms with Crippen molar-refractivity contribution in [2.75, 3.05) is 23.4 Å². The summed E-state index contributed by atoms with van der Waals surface area (Å²) in [6, 6.07) is 16.8. The molecule has 3 heterocycles.